The SMILES string of the molecule is c1cc(OCC2CO2)c2ccc(OCCOc3ccc4c(OCC5CO5)cccc4c3)cc2c1. The maximum atomic E-state index is 5.93. The highest BCUT2D eigenvalue weighted by Crippen LogP contribution is 2.31. The van der Waals surface area contributed by atoms with Gasteiger partial charge in [0.05, 0.1) is 13.2 Å². The molecule has 0 saturated carbocycles. The topological polar surface area (TPSA) is 62.0 Å². The van der Waals surface area contributed by atoms with Crippen LogP contribution in [0.15, 0.2) is 72.8 Å². The number of epoxide rings is 2. The summed E-state index contributed by atoms with van der Waals surface area (Å²) in [5, 5.41) is 4.29. The minimum Gasteiger partial charge on any atom is -0.490 e. The summed E-state index contributed by atoms with van der Waals surface area (Å²) in [7, 11) is 0. The van der Waals surface area contributed by atoms with Gasteiger partial charge in [0.25, 0.3) is 0 Å². The lowest BCUT2D eigenvalue weighted by atomic mass is 10.1. The molecule has 0 radical (unpaired) electrons. The van der Waals surface area contributed by atoms with E-state index in [1.807, 2.05) is 60.7 Å². The smallest absolute Gasteiger partial charge is 0.127 e. The van der Waals surface area contributed by atoms with E-state index in [0.717, 1.165) is 57.8 Å². The van der Waals surface area contributed by atoms with Crippen molar-refractivity contribution in [3.8, 4) is 23.0 Å². The molecule has 6 heteroatoms. The number of hydrogen-bond acceptors (Lipinski definition) is 6. The summed E-state index contributed by atoms with van der Waals surface area (Å²) in [5.74, 6) is 3.35. The van der Waals surface area contributed by atoms with Crippen molar-refractivity contribution >= 4 is 21.5 Å². The van der Waals surface area contributed by atoms with Gasteiger partial charge in [-0.15, -0.1) is 0 Å². The van der Waals surface area contributed by atoms with Gasteiger partial charge in [0.15, 0.2) is 0 Å². The number of hydrogen-bond donors (Lipinski definition) is 0. The summed E-state index contributed by atoms with van der Waals surface area (Å²) in [6, 6.07) is 24.1. The summed E-state index contributed by atoms with van der Waals surface area (Å²) in [5.41, 5.74) is 0. The standard InChI is InChI=1S/C28H26O6/c1-3-19-13-21(7-9-25(19)27(5-1)33-17-23-15-31-23)29-11-12-30-22-8-10-26-20(14-22)4-2-6-28(26)34-18-24-16-32-24/h1-10,13-14,23-24H,11-12,15-18H2. The average molecular weight is 459 g/mol. The average Bonchev–Trinajstić information content (AvgIpc) is 3.79. The van der Waals surface area contributed by atoms with Crippen molar-refractivity contribution in [1.82, 2.24) is 0 Å². The Morgan fingerprint density at radius 1 is 0.588 bits per heavy atom. The molecule has 34 heavy (non-hydrogen) atoms. The van der Waals surface area contributed by atoms with Gasteiger partial charge in [-0.2, -0.15) is 0 Å². The van der Waals surface area contributed by atoms with Crippen LogP contribution in [0.2, 0.25) is 0 Å². The van der Waals surface area contributed by atoms with Crippen LogP contribution in [0.5, 0.6) is 23.0 Å². The van der Waals surface area contributed by atoms with Crippen molar-refractivity contribution in [2.75, 3.05) is 39.6 Å². The minimum absolute atomic E-state index is 0.235. The molecule has 2 saturated heterocycles. The van der Waals surface area contributed by atoms with Crippen molar-refractivity contribution < 1.29 is 28.4 Å². The van der Waals surface area contributed by atoms with E-state index < -0.39 is 0 Å². The molecule has 2 heterocycles. The van der Waals surface area contributed by atoms with Crippen molar-refractivity contribution in [1.29, 1.82) is 0 Å². The van der Waals surface area contributed by atoms with E-state index in [1.54, 1.807) is 0 Å². The molecule has 0 aliphatic carbocycles. The van der Waals surface area contributed by atoms with Crippen molar-refractivity contribution in [3.63, 3.8) is 0 Å². The fourth-order valence-corrected chi connectivity index (χ4v) is 3.91. The highest BCUT2D eigenvalue weighted by Gasteiger charge is 2.24. The summed E-state index contributed by atoms with van der Waals surface area (Å²) in [4.78, 5) is 0. The first-order valence-corrected chi connectivity index (χ1v) is 11.6. The summed E-state index contributed by atoms with van der Waals surface area (Å²) in [6.45, 7) is 3.65. The van der Waals surface area contributed by atoms with Gasteiger partial charge in [-0.25, -0.2) is 0 Å². The lowest BCUT2D eigenvalue weighted by Gasteiger charge is -2.12. The lowest BCUT2D eigenvalue weighted by Crippen LogP contribution is -2.09. The molecule has 0 spiro atoms. The van der Waals surface area contributed by atoms with E-state index >= 15 is 0 Å². The summed E-state index contributed by atoms with van der Waals surface area (Å²) < 4.78 is 34.1. The fraction of sp³-hybridized carbons (Fsp3) is 0.286. The highest BCUT2D eigenvalue weighted by molar-refractivity contribution is 5.90. The van der Waals surface area contributed by atoms with Crippen LogP contribution < -0.4 is 18.9 Å². The summed E-state index contributed by atoms with van der Waals surface area (Å²) >= 11 is 0. The molecule has 4 aromatic carbocycles. The van der Waals surface area contributed by atoms with Crippen molar-refractivity contribution in [2.24, 2.45) is 0 Å². The number of fused-ring (bicyclic) bond motifs is 2. The predicted octanol–water partition coefficient (Wildman–Crippen LogP) is 5.01. The Kier molecular flexibility index (Phi) is 5.83. The van der Waals surface area contributed by atoms with Crippen LogP contribution in [0, 0.1) is 0 Å². The Bertz CT molecular complexity index is 1190. The second-order valence-corrected chi connectivity index (χ2v) is 8.51. The van der Waals surface area contributed by atoms with Gasteiger partial charge in [-0.3, -0.25) is 0 Å². The maximum Gasteiger partial charge on any atom is 0.127 e. The van der Waals surface area contributed by atoms with Crippen molar-refractivity contribution in [3.05, 3.63) is 72.8 Å². The van der Waals surface area contributed by atoms with Gasteiger partial charge >= 0.3 is 0 Å². The van der Waals surface area contributed by atoms with Gasteiger partial charge in [0, 0.05) is 10.8 Å². The Balaban J connectivity index is 1.04. The Labute approximate surface area is 197 Å². The first-order chi connectivity index (χ1) is 16.8. The van der Waals surface area contributed by atoms with Gasteiger partial charge in [-0.1, -0.05) is 24.3 Å². The van der Waals surface area contributed by atoms with Crippen molar-refractivity contribution in [2.45, 2.75) is 12.2 Å². The lowest BCUT2D eigenvalue weighted by molar-refractivity contribution is 0.217. The number of benzene rings is 4. The van der Waals surface area contributed by atoms with E-state index in [-0.39, 0.29) is 12.2 Å². The summed E-state index contributed by atoms with van der Waals surface area (Å²) in [6.07, 6.45) is 0.469. The van der Waals surface area contributed by atoms with E-state index in [4.69, 9.17) is 28.4 Å². The van der Waals surface area contributed by atoms with E-state index in [1.165, 1.54) is 0 Å². The Morgan fingerprint density at radius 2 is 1.06 bits per heavy atom. The van der Waals surface area contributed by atoms with Gasteiger partial charge < -0.3 is 28.4 Å². The molecule has 2 unspecified atom stereocenters. The van der Waals surface area contributed by atoms with Crippen LogP contribution >= 0.6 is 0 Å². The quantitative estimate of drug-likeness (QED) is 0.233. The molecule has 2 atom stereocenters. The zero-order valence-corrected chi connectivity index (χ0v) is 18.8. The van der Waals surface area contributed by atoms with Gasteiger partial charge in [0.1, 0.15) is 61.6 Å². The Morgan fingerprint density at radius 3 is 1.50 bits per heavy atom. The molecular formula is C28H26O6. The third-order valence-electron chi connectivity index (χ3n) is 5.90. The monoisotopic (exact) mass is 458 g/mol. The van der Waals surface area contributed by atoms with Gasteiger partial charge in [0.2, 0.25) is 0 Å². The molecule has 0 aromatic heterocycles. The number of rotatable bonds is 11. The van der Waals surface area contributed by atoms with Crippen LogP contribution in [0.25, 0.3) is 21.5 Å². The predicted molar refractivity (Wildman–Crippen MR) is 129 cm³/mol. The molecular weight excluding hydrogens is 432 g/mol. The molecule has 0 N–H and O–H groups in total. The number of ether oxygens (including phenoxy) is 6. The van der Waals surface area contributed by atoms with Gasteiger partial charge in [-0.05, 0) is 59.3 Å². The van der Waals surface area contributed by atoms with E-state index in [9.17, 15) is 0 Å². The largest absolute Gasteiger partial charge is 0.490 e. The first-order valence-electron chi connectivity index (χ1n) is 11.6. The van der Waals surface area contributed by atoms with Crippen LogP contribution in [0.1, 0.15) is 0 Å². The first kappa shape index (κ1) is 21.1. The minimum atomic E-state index is 0.235. The molecule has 6 nitrogen and oxygen atoms in total. The van der Waals surface area contributed by atoms with Crippen LogP contribution in [-0.4, -0.2) is 51.8 Å². The molecule has 2 aliphatic heterocycles. The molecule has 4 aromatic rings. The normalized spacial score (nSPS) is 18.6. The maximum absolute atomic E-state index is 5.93. The zero-order chi connectivity index (χ0) is 22.7. The van der Waals surface area contributed by atoms with Crippen LogP contribution in [0.3, 0.4) is 0 Å². The third kappa shape index (κ3) is 5.03. The Hall–Kier alpha value is -3.48. The fourth-order valence-electron chi connectivity index (χ4n) is 3.91. The molecule has 174 valence electrons. The van der Waals surface area contributed by atoms with E-state index in [0.29, 0.717) is 26.4 Å². The zero-order valence-electron chi connectivity index (χ0n) is 18.8. The highest BCUT2D eigenvalue weighted by atomic mass is 16.6. The second-order valence-electron chi connectivity index (χ2n) is 8.51. The second kappa shape index (κ2) is 9.41. The van der Waals surface area contributed by atoms with Crippen LogP contribution in [0.4, 0.5) is 0 Å². The van der Waals surface area contributed by atoms with E-state index in [2.05, 4.69) is 12.1 Å². The molecule has 6 rings (SSSR count). The molecule has 2 fully saturated rings. The molecule has 2 aliphatic rings. The molecule has 0 bridgehead atoms. The molecule has 0 amide bonds. The third-order valence-corrected chi connectivity index (χ3v) is 5.90. The van der Waals surface area contributed by atoms with Crippen LogP contribution in [-0.2, 0) is 9.47 Å².